The van der Waals surface area contributed by atoms with Gasteiger partial charge in [0.1, 0.15) is 0 Å². The highest BCUT2D eigenvalue weighted by Gasteiger charge is 2.50. The zero-order chi connectivity index (χ0) is 14.2. The Balaban J connectivity index is 2.59. The van der Waals surface area contributed by atoms with Crippen LogP contribution in [0.25, 0.3) is 6.08 Å². The third kappa shape index (κ3) is 2.12. The van der Waals surface area contributed by atoms with Gasteiger partial charge in [0.15, 0.2) is 5.78 Å². The highest BCUT2D eigenvalue weighted by Crippen LogP contribution is 2.45. The number of esters is 1. The molecule has 0 aliphatic heterocycles. The summed E-state index contributed by atoms with van der Waals surface area (Å²) in [6.45, 7) is 2.89. The maximum Gasteiger partial charge on any atom is 0.338 e. The number of halogens is 2. The average molecular weight is 327 g/mol. The summed E-state index contributed by atoms with van der Waals surface area (Å²) in [4.78, 5) is 23.5. The van der Waals surface area contributed by atoms with E-state index < -0.39 is 17.4 Å². The largest absolute Gasteiger partial charge is 0.463 e. The Hall–Kier alpha value is -1.49. The lowest BCUT2D eigenvalue weighted by atomic mass is 9.88. The van der Waals surface area contributed by atoms with Gasteiger partial charge in [-0.15, -0.1) is 0 Å². The van der Waals surface area contributed by atoms with Gasteiger partial charge in [-0.3, -0.25) is 4.79 Å². The lowest BCUT2D eigenvalue weighted by Crippen LogP contribution is -2.33. The van der Waals surface area contributed by atoms with Gasteiger partial charge < -0.3 is 4.74 Å². The molecular weight excluding hydrogens is 315 g/mol. The van der Waals surface area contributed by atoms with Crippen molar-refractivity contribution in [2.24, 2.45) is 0 Å². The van der Waals surface area contributed by atoms with Crippen molar-refractivity contribution < 1.29 is 18.7 Å². The Kier molecular flexibility index (Phi) is 3.58. The summed E-state index contributed by atoms with van der Waals surface area (Å²) >= 11 is 3.27. The van der Waals surface area contributed by atoms with Crippen LogP contribution in [0.15, 0.2) is 28.2 Å². The van der Waals surface area contributed by atoms with E-state index in [4.69, 9.17) is 4.74 Å². The maximum atomic E-state index is 15.1. The minimum atomic E-state index is -2.41. The second kappa shape index (κ2) is 4.89. The minimum Gasteiger partial charge on any atom is -0.463 e. The second-order valence-corrected chi connectivity index (χ2v) is 5.14. The van der Waals surface area contributed by atoms with Crippen LogP contribution in [0.5, 0.6) is 0 Å². The molecule has 3 nitrogen and oxygen atoms in total. The van der Waals surface area contributed by atoms with Crippen molar-refractivity contribution >= 4 is 33.8 Å². The zero-order valence-corrected chi connectivity index (χ0v) is 12.1. The molecule has 0 N–H and O–H groups in total. The number of fused-ring (bicyclic) bond motifs is 1. The zero-order valence-electron chi connectivity index (χ0n) is 10.5. The molecule has 0 bridgehead atoms. The van der Waals surface area contributed by atoms with E-state index in [1.165, 1.54) is 12.1 Å². The summed E-state index contributed by atoms with van der Waals surface area (Å²) in [7, 11) is 0. The fourth-order valence-corrected chi connectivity index (χ4v) is 2.53. The molecule has 0 heterocycles. The normalized spacial score (nSPS) is 20.7. The number of hydrogen-bond donors (Lipinski definition) is 0. The number of ether oxygens (including phenoxy) is 1. The quantitative estimate of drug-likeness (QED) is 0.801. The molecule has 1 aliphatic rings. The topological polar surface area (TPSA) is 43.4 Å². The monoisotopic (exact) mass is 326 g/mol. The summed E-state index contributed by atoms with van der Waals surface area (Å²) in [5.41, 5.74) is -1.97. The molecule has 0 radical (unpaired) electrons. The van der Waals surface area contributed by atoms with Crippen LogP contribution in [0.4, 0.5) is 4.39 Å². The fourth-order valence-electron chi connectivity index (χ4n) is 2.15. The predicted molar refractivity (Wildman–Crippen MR) is 72.2 cm³/mol. The van der Waals surface area contributed by atoms with E-state index in [0.29, 0.717) is 5.56 Å². The van der Waals surface area contributed by atoms with E-state index in [1.54, 1.807) is 19.1 Å². The summed E-state index contributed by atoms with van der Waals surface area (Å²) < 4.78 is 20.6. The Morgan fingerprint density at radius 3 is 2.68 bits per heavy atom. The third-order valence-electron chi connectivity index (χ3n) is 3.04. The maximum absolute atomic E-state index is 15.1. The van der Waals surface area contributed by atoms with Crippen LogP contribution in [0.3, 0.4) is 0 Å². The molecule has 0 saturated carbocycles. The molecule has 0 aromatic heterocycles. The number of benzene rings is 1. The molecule has 1 aromatic carbocycles. The molecule has 19 heavy (non-hydrogen) atoms. The number of alkyl halides is 1. The van der Waals surface area contributed by atoms with Crippen molar-refractivity contribution in [1.29, 1.82) is 0 Å². The molecule has 1 aliphatic carbocycles. The number of carbonyl (C=O) groups excluding carboxylic acids is 2. The molecule has 5 heteroatoms. The SMILES string of the molecule is CCOC(=O)C1=Cc2cc(Br)ccc2C1(F)C(C)=O. The molecule has 1 unspecified atom stereocenters. The lowest BCUT2D eigenvalue weighted by molar-refractivity contribution is -0.142. The Morgan fingerprint density at radius 2 is 2.11 bits per heavy atom. The van der Waals surface area contributed by atoms with Gasteiger partial charge in [0.05, 0.1) is 12.2 Å². The molecular formula is C14H12BrFO3. The van der Waals surface area contributed by atoms with Gasteiger partial charge in [-0.2, -0.15) is 0 Å². The smallest absolute Gasteiger partial charge is 0.338 e. The molecule has 1 atom stereocenters. The molecule has 0 amide bonds. The number of carbonyl (C=O) groups is 2. The minimum absolute atomic E-state index is 0.129. The second-order valence-electron chi connectivity index (χ2n) is 4.22. The van der Waals surface area contributed by atoms with Crippen LogP contribution < -0.4 is 0 Å². The number of ketones is 1. The molecule has 0 fully saturated rings. The van der Waals surface area contributed by atoms with Crippen LogP contribution in [0, 0.1) is 0 Å². The molecule has 0 saturated heterocycles. The van der Waals surface area contributed by atoms with Crippen LogP contribution >= 0.6 is 15.9 Å². The first-order valence-electron chi connectivity index (χ1n) is 5.80. The van der Waals surface area contributed by atoms with Gasteiger partial charge in [0, 0.05) is 10.0 Å². The van der Waals surface area contributed by atoms with Crippen molar-refractivity contribution in [3.8, 4) is 0 Å². The number of Topliss-reactive ketones (excluding diaryl/α,β-unsaturated/α-hetero) is 1. The first-order chi connectivity index (χ1) is 8.91. The van der Waals surface area contributed by atoms with Crippen LogP contribution in [0.1, 0.15) is 25.0 Å². The molecule has 2 rings (SSSR count). The van der Waals surface area contributed by atoms with E-state index in [9.17, 15) is 9.59 Å². The van der Waals surface area contributed by atoms with E-state index in [2.05, 4.69) is 15.9 Å². The van der Waals surface area contributed by atoms with Crippen molar-refractivity contribution in [1.82, 2.24) is 0 Å². The fraction of sp³-hybridized carbons (Fsp3) is 0.286. The molecule has 100 valence electrons. The average Bonchev–Trinajstić information content (AvgIpc) is 2.64. The van der Waals surface area contributed by atoms with Crippen LogP contribution in [-0.2, 0) is 20.0 Å². The van der Waals surface area contributed by atoms with Crippen molar-refractivity contribution in [2.45, 2.75) is 19.5 Å². The standard InChI is InChI=1S/C14H12BrFO3/c1-3-19-13(18)12-7-9-6-10(15)4-5-11(9)14(12,16)8(2)17/h4-7H,3H2,1-2H3. The van der Waals surface area contributed by atoms with Gasteiger partial charge in [0.25, 0.3) is 0 Å². The van der Waals surface area contributed by atoms with Crippen LogP contribution in [0.2, 0.25) is 0 Å². The van der Waals surface area contributed by atoms with Crippen molar-refractivity contribution in [3.63, 3.8) is 0 Å². The summed E-state index contributed by atoms with van der Waals surface area (Å²) in [5.74, 6) is -1.53. The Labute approximate surface area is 118 Å². The summed E-state index contributed by atoms with van der Waals surface area (Å²) in [6.07, 6.45) is 1.37. The van der Waals surface area contributed by atoms with E-state index in [-0.39, 0.29) is 17.7 Å². The highest BCUT2D eigenvalue weighted by atomic mass is 79.9. The van der Waals surface area contributed by atoms with Gasteiger partial charge in [-0.25, -0.2) is 9.18 Å². The van der Waals surface area contributed by atoms with E-state index >= 15 is 4.39 Å². The van der Waals surface area contributed by atoms with Crippen molar-refractivity contribution in [2.75, 3.05) is 6.61 Å². The Bertz CT molecular complexity index is 594. The summed E-state index contributed by atoms with van der Waals surface area (Å²) in [5, 5.41) is 0. The third-order valence-corrected chi connectivity index (χ3v) is 3.53. The Morgan fingerprint density at radius 1 is 1.42 bits per heavy atom. The van der Waals surface area contributed by atoms with Crippen LogP contribution in [-0.4, -0.2) is 18.4 Å². The summed E-state index contributed by atoms with van der Waals surface area (Å²) in [6, 6.07) is 4.81. The first kappa shape index (κ1) is 13.9. The first-order valence-corrected chi connectivity index (χ1v) is 6.59. The lowest BCUT2D eigenvalue weighted by Gasteiger charge is -2.21. The van der Waals surface area contributed by atoms with Gasteiger partial charge in [-0.05, 0) is 37.6 Å². The molecule has 0 spiro atoms. The molecule has 1 aromatic rings. The van der Waals surface area contributed by atoms with Gasteiger partial charge in [-0.1, -0.05) is 22.0 Å². The van der Waals surface area contributed by atoms with E-state index in [0.717, 1.165) is 11.4 Å². The van der Waals surface area contributed by atoms with Crippen molar-refractivity contribution in [3.05, 3.63) is 39.4 Å². The van der Waals surface area contributed by atoms with Gasteiger partial charge >= 0.3 is 5.97 Å². The van der Waals surface area contributed by atoms with E-state index in [1.807, 2.05) is 0 Å². The van der Waals surface area contributed by atoms with Gasteiger partial charge in [0.2, 0.25) is 5.67 Å². The highest BCUT2D eigenvalue weighted by molar-refractivity contribution is 9.10. The number of rotatable bonds is 3. The predicted octanol–water partition coefficient (Wildman–Crippen LogP) is 3.16. The number of hydrogen-bond acceptors (Lipinski definition) is 3.